The first-order valence-electron chi connectivity index (χ1n) is 7.49. The fraction of sp³-hybridized carbons (Fsp3) is 0.800. The van der Waals surface area contributed by atoms with Crippen LogP contribution in [0.25, 0.3) is 0 Å². The van der Waals surface area contributed by atoms with E-state index >= 15 is 0 Å². The maximum Gasteiger partial charge on any atom is 0.186 e. The molecular weight excluding hydrogens is 254 g/mol. The van der Waals surface area contributed by atoms with Crippen molar-refractivity contribution in [3.63, 3.8) is 0 Å². The van der Waals surface area contributed by atoms with Crippen molar-refractivity contribution in [1.29, 1.82) is 0 Å². The Bertz CT molecular complexity index is 420. The fourth-order valence-corrected chi connectivity index (χ4v) is 4.01. The molecule has 2 rings (SSSR count). The summed E-state index contributed by atoms with van der Waals surface area (Å²) >= 11 is 1.81. The number of piperidine rings is 1. The summed E-state index contributed by atoms with van der Waals surface area (Å²) in [6, 6.07) is 0.614. The smallest absolute Gasteiger partial charge is 0.186 e. The molecule has 2 heterocycles. The molecule has 108 valence electrons. The predicted molar refractivity (Wildman–Crippen MR) is 84.0 cm³/mol. The van der Waals surface area contributed by atoms with Gasteiger partial charge in [-0.3, -0.25) is 0 Å². The molecule has 2 N–H and O–H groups in total. The second-order valence-electron chi connectivity index (χ2n) is 6.28. The summed E-state index contributed by atoms with van der Waals surface area (Å²) in [7, 11) is 0. The standard InChI is InChI=1S/C15H27N3S/c1-5-8-12-13(15(3,4)16)19-14(17-12)18-10-7-6-9-11(18)2/h11H,5-10,16H2,1-4H3. The van der Waals surface area contributed by atoms with Crippen LogP contribution in [0.5, 0.6) is 0 Å². The summed E-state index contributed by atoms with van der Waals surface area (Å²) in [6.07, 6.45) is 6.08. The van der Waals surface area contributed by atoms with Crippen LogP contribution in [-0.2, 0) is 12.0 Å². The first-order chi connectivity index (χ1) is 8.93. The predicted octanol–water partition coefficient (Wildman–Crippen LogP) is 3.67. The third-order valence-electron chi connectivity index (χ3n) is 3.81. The monoisotopic (exact) mass is 281 g/mol. The van der Waals surface area contributed by atoms with Crippen molar-refractivity contribution < 1.29 is 0 Å². The quantitative estimate of drug-likeness (QED) is 0.915. The van der Waals surface area contributed by atoms with Crippen molar-refractivity contribution in [2.24, 2.45) is 5.73 Å². The Balaban J connectivity index is 2.31. The van der Waals surface area contributed by atoms with Gasteiger partial charge in [-0.25, -0.2) is 4.98 Å². The van der Waals surface area contributed by atoms with E-state index in [-0.39, 0.29) is 5.54 Å². The third-order valence-corrected chi connectivity index (χ3v) is 5.28. The molecule has 0 amide bonds. The van der Waals surface area contributed by atoms with Gasteiger partial charge in [-0.1, -0.05) is 24.7 Å². The highest BCUT2D eigenvalue weighted by Crippen LogP contribution is 2.36. The summed E-state index contributed by atoms with van der Waals surface area (Å²) in [5.41, 5.74) is 7.25. The Morgan fingerprint density at radius 2 is 2.16 bits per heavy atom. The maximum atomic E-state index is 6.32. The molecule has 1 atom stereocenters. The number of hydrogen-bond donors (Lipinski definition) is 1. The number of thiazole rings is 1. The highest BCUT2D eigenvalue weighted by Gasteiger charge is 2.27. The van der Waals surface area contributed by atoms with Crippen LogP contribution in [0.1, 0.15) is 63.9 Å². The van der Waals surface area contributed by atoms with E-state index in [9.17, 15) is 0 Å². The van der Waals surface area contributed by atoms with E-state index in [1.165, 1.54) is 35.0 Å². The molecule has 4 heteroatoms. The molecule has 0 aliphatic carbocycles. The van der Waals surface area contributed by atoms with E-state index in [1.807, 2.05) is 0 Å². The Hall–Kier alpha value is -0.610. The maximum absolute atomic E-state index is 6.32. The molecule has 0 spiro atoms. The number of aryl methyl sites for hydroxylation is 1. The SMILES string of the molecule is CCCc1nc(N2CCCCC2C)sc1C(C)(C)N. The Kier molecular flexibility index (Phi) is 4.51. The molecule has 1 aromatic rings. The van der Waals surface area contributed by atoms with Gasteiger partial charge in [0.2, 0.25) is 0 Å². The molecule has 0 radical (unpaired) electrons. The lowest BCUT2D eigenvalue weighted by atomic mass is 10.0. The van der Waals surface area contributed by atoms with Crippen LogP contribution < -0.4 is 10.6 Å². The molecule has 0 saturated carbocycles. The van der Waals surface area contributed by atoms with Gasteiger partial charge < -0.3 is 10.6 Å². The number of nitrogens with zero attached hydrogens (tertiary/aromatic N) is 2. The van der Waals surface area contributed by atoms with Gasteiger partial charge >= 0.3 is 0 Å². The number of anilines is 1. The number of nitrogens with two attached hydrogens (primary N) is 1. The summed E-state index contributed by atoms with van der Waals surface area (Å²) in [4.78, 5) is 8.65. The molecule has 1 unspecified atom stereocenters. The molecule has 19 heavy (non-hydrogen) atoms. The van der Waals surface area contributed by atoms with Crippen molar-refractivity contribution in [2.75, 3.05) is 11.4 Å². The second-order valence-corrected chi connectivity index (χ2v) is 7.26. The minimum atomic E-state index is -0.278. The number of hydrogen-bond acceptors (Lipinski definition) is 4. The molecule has 3 nitrogen and oxygen atoms in total. The van der Waals surface area contributed by atoms with Crippen molar-refractivity contribution in [3.8, 4) is 0 Å². The van der Waals surface area contributed by atoms with Gasteiger partial charge in [-0.2, -0.15) is 0 Å². The minimum absolute atomic E-state index is 0.278. The lowest BCUT2D eigenvalue weighted by Gasteiger charge is -2.33. The van der Waals surface area contributed by atoms with Gasteiger partial charge in [0.05, 0.1) is 5.69 Å². The van der Waals surface area contributed by atoms with E-state index in [0.29, 0.717) is 6.04 Å². The summed E-state index contributed by atoms with van der Waals surface area (Å²) < 4.78 is 0. The molecule has 1 fully saturated rings. The largest absolute Gasteiger partial charge is 0.345 e. The number of aromatic nitrogens is 1. The highest BCUT2D eigenvalue weighted by molar-refractivity contribution is 7.15. The molecule has 1 aliphatic rings. The van der Waals surface area contributed by atoms with Crippen LogP contribution in [-0.4, -0.2) is 17.6 Å². The zero-order valence-corrected chi connectivity index (χ0v) is 13.5. The van der Waals surface area contributed by atoms with Gasteiger partial charge in [0.15, 0.2) is 5.13 Å². The van der Waals surface area contributed by atoms with Crippen molar-refractivity contribution >= 4 is 16.5 Å². The topological polar surface area (TPSA) is 42.2 Å². The van der Waals surface area contributed by atoms with Crippen LogP contribution in [0.3, 0.4) is 0 Å². The van der Waals surface area contributed by atoms with Crippen LogP contribution in [0, 0.1) is 0 Å². The summed E-state index contributed by atoms with van der Waals surface area (Å²) in [5.74, 6) is 0. The summed E-state index contributed by atoms with van der Waals surface area (Å²) in [5, 5.41) is 1.18. The third kappa shape index (κ3) is 3.29. The normalized spacial score (nSPS) is 20.9. The van der Waals surface area contributed by atoms with Crippen LogP contribution >= 0.6 is 11.3 Å². The van der Waals surface area contributed by atoms with Crippen LogP contribution in [0.4, 0.5) is 5.13 Å². The van der Waals surface area contributed by atoms with Crippen LogP contribution in [0.15, 0.2) is 0 Å². The van der Waals surface area contributed by atoms with Crippen molar-refractivity contribution in [3.05, 3.63) is 10.6 Å². The summed E-state index contributed by atoms with van der Waals surface area (Å²) in [6.45, 7) is 9.83. The minimum Gasteiger partial charge on any atom is -0.345 e. The zero-order valence-electron chi connectivity index (χ0n) is 12.7. The van der Waals surface area contributed by atoms with Gasteiger partial charge in [0, 0.05) is 23.0 Å². The van der Waals surface area contributed by atoms with Gasteiger partial charge in [0.25, 0.3) is 0 Å². The van der Waals surface area contributed by atoms with Gasteiger partial charge in [0.1, 0.15) is 0 Å². The first-order valence-corrected chi connectivity index (χ1v) is 8.30. The van der Waals surface area contributed by atoms with Crippen molar-refractivity contribution in [1.82, 2.24) is 4.98 Å². The van der Waals surface area contributed by atoms with Gasteiger partial charge in [-0.05, 0) is 46.5 Å². The fourth-order valence-electron chi connectivity index (χ4n) is 2.75. The molecule has 1 aliphatic heterocycles. The second kappa shape index (κ2) is 5.80. The van der Waals surface area contributed by atoms with E-state index < -0.39 is 0 Å². The lowest BCUT2D eigenvalue weighted by Crippen LogP contribution is -2.37. The Morgan fingerprint density at radius 3 is 2.74 bits per heavy atom. The van der Waals surface area contributed by atoms with E-state index in [4.69, 9.17) is 10.7 Å². The van der Waals surface area contributed by atoms with Gasteiger partial charge in [-0.15, -0.1) is 0 Å². The molecule has 1 aromatic heterocycles. The Labute approximate surface area is 121 Å². The van der Waals surface area contributed by atoms with E-state index in [0.717, 1.165) is 19.4 Å². The molecule has 0 aromatic carbocycles. The van der Waals surface area contributed by atoms with E-state index in [2.05, 4.69) is 32.6 Å². The Morgan fingerprint density at radius 1 is 1.42 bits per heavy atom. The lowest BCUT2D eigenvalue weighted by molar-refractivity contribution is 0.484. The van der Waals surface area contributed by atoms with Crippen molar-refractivity contribution in [2.45, 2.75) is 71.4 Å². The van der Waals surface area contributed by atoms with E-state index in [1.54, 1.807) is 11.3 Å². The first kappa shape index (κ1) is 14.8. The molecule has 0 bridgehead atoms. The molecular formula is C15H27N3S. The van der Waals surface area contributed by atoms with Crippen LogP contribution in [0.2, 0.25) is 0 Å². The number of rotatable bonds is 4. The highest BCUT2D eigenvalue weighted by atomic mass is 32.1. The zero-order chi connectivity index (χ0) is 14.0. The average Bonchev–Trinajstić information content (AvgIpc) is 2.74. The molecule has 1 saturated heterocycles. The average molecular weight is 281 g/mol.